The summed E-state index contributed by atoms with van der Waals surface area (Å²) in [6, 6.07) is 6.24. The quantitative estimate of drug-likeness (QED) is 0.693. The molecule has 0 saturated carbocycles. The van der Waals surface area contributed by atoms with Gasteiger partial charge in [0.2, 0.25) is 0 Å². The van der Waals surface area contributed by atoms with Crippen LogP contribution in [-0.4, -0.2) is 14.1 Å². The fourth-order valence-corrected chi connectivity index (χ4v) is 1.40. The summed E-state index contributed by atoms with van der Waals surface area (Å²) in [4.78, 5) is 2.05. The number of hydrogen-bond donors (Lipinski definition) is 1. The van der Waals surface area contributed by atoms with Gasteiger partial charge in [-0.3, -0.25) is 0 Å². The van der Waals surface area contributed by atoms with Crippen LogP contribution < -0.4 is 10.6 Å². The van der Waals surface area contributed by atoms with E-state index < -0.39 is 0 Å². The van der Waals surface area contributed by atoms with Crippen molar-refractivity contribution >= 4 is 11.4 Å². The van der Waals surface area contributed by atoms with Gasteiger partial charge in [0.05, 0.1) is 11.4 Å². The highest BCUT2D eigenvalue weighted by atomic mass is 15.1. The zero-order valence-electron chi connectivity index (χ0n) is 9.76. The highest BCUT2D eigenvalue weighted by molar-refractivity contribution is 5.68. The number of nitrogens with zero attached hydrogens (tertiary/aromatic N) is 1. The summed E-state index contributed by atoms with van der Waals surface area (Å²) in [5.74, 6) is 0. The Morgan fingerprint density at radius 3 is 2.14 bits per heavy atom. The van der Waals surface area contributed by atoms with Crippen LogP contribution in [-0.2, 0) is 5.41 Å². The molecule has 1 aromatic rings. The zero-order valence-corrected chi connectivity index (χ0v) is 9.76. The average molecular weight is 192 g/mol. The molecule has 0 bridgehead atoms. The van der Waals surface area contributed by atoms with Crippen LogP contribution >= 0.6 is 0 Å². The molecule has 0 radical (unpaired) electrons. The van der Waals surface area contributed by atoms with Crippen LogP contribution in [0.4, 0.5) is 11.4 Å². The van der Waals surface area contributed by atoms with E-state index in [1.807, 2.05) is 25.1 Å². The molecule has 0 heterocycles. The Morgan fingerprint density at radius 2 is 1.71 bits per heavy atom. The third kappa shape index (κ3) is 2.19. The Labute approximate surface area is 86.7 Å². The first-order chi connectivity index (χ1) is 6.32. The van der Waals surface area contributed by atoms with Gasteiger partial charge < -0.3 is 10.6 Å². The number of nitrogens with two attached hydrogens (primary N) is 1. The molecule has 0 spiro atoms. The van der Waals surface area contributed by atoms with Crippen molar-refractivity contribution in [1.29, 1.82) is 0 Å². The Bertz CT molecular complexity index is 322. The molecule has 2 N–H and O–H groups in total. The van der Waals surface area contributed by atoms with Crippen molar-refractivity contribution in [3.8, 4) is 0 Å². The fourth-order valence-electron chi connectivity index (χ4n) is 1.40. The molecule has 78 valence electrons. The van der Waals surface area contributed by atoms with Gasteiger partial charge in [0, 0.05) is 14.1 Å². The molecule has 14 heavy (non-hydrogen) atoms. The number of hydrogen-bond acceptors (Lipinski definition) is 2. The van der Waals surface area contributed by atoms with E-state index in [1.165, 1.54) is 5.56 Å². The Kier molecular flexibility index (Phi) is 2.74. The second-order valence-corrected chi connectivity index (χ2v) is 4.92. The standard InChI is InChI=1S/C12H20N2/c1-12(2,3)9-6-7-10(13)11(8-9)14(4)5/h6-8H,13H2,1-5H3. The maximum Gasteiger partial charge on any atom is 0.0597 e. The van der Waals surface area contributed by atoms with Crippen LogP contribution in [0.2, 0.25) is 0 Å². The van der Waals surface area contributed by atoms with E-state index in [0.29, 0.717) is 0 Å². The van der Waals surface area contributed by atoms with Gasteiger partial charge in [-0.15, -0.1) is 0 Å². The summed E-state index contributed by atoms with van der Waals surface area (Å²) in [6.07, 6.45) is 0. The van der Waals surface area contributed by atoms with E-state index in [1.54, 1.807) is 0 Å². The van der Waals surface area contributed by atoms with E-state index in [2.05, 4.69) is 32.9 Å². The number of anilines is 2. The third-order valence-corrected chi connectivity index (χ3v) is 2.38. The minimum atomic E-state index is 0.179. The van der Waals surface area contributed by atoms with Crippen molar-refractivity contribution in [2.45, 2.75) is 26.2 Å². The normalized spacial score (nSPS) is 11.5. The van der Waals surface area contributed by atoms with Crippen molar-refractivity contribution in [1.82, 2.24) is 0 Å². The Hall–Kier alpha value is -1.18. The number of rotatable bonds is 1. The average Bonchev–Trinajstić information content (AvgIpc) is 2.02. The highest BCUT2D eigenvalue weighted by Crippen LogP contribution is 2.29. The van der Waals surface area contributed by atoms with Crippen LogP contribution in [0.5, 0.6) is 0 Å². The SMILES string of the molecule is CN(C)c1cc(C(C)(C)C)ccc1N. The number of benzene rings is 1. The molecule has 0 atom stereocenters. The first kappa shape index (κ1) is 10.9. The molecule has 2 nitrogen and oxygen atoms in total. The van der Waals surface area contributed by atoms with Crippen molar-refractivity contribution < 1.29 is 0 Å². The summed E-state index contributed by atoms with van der Waals surface area (Å²) in [6.45, 7) is 6.62. The van der Waals surface area contributed by atoms with Gasteiger partial charge in [-0.25, -0.2) is 0 Å². The molecule has 1 aromatic carbocycles. The summed E-state index contributed by atoms with van der Waals surface area (Å²) >= 11 is 0. The first-order valence-electron chi connectivity index (χ1n) is 4.89. The molecule has 0 aliphatic rings. The third-order valence-electron chi connectivity index (χ3n) is 2.38. The summed E-state index contributed by atoms with van der Waals surface area (Å²) < 4.78 is 0. The van der Waals surface area contributed by atoms with Crippen molar-refractivity contribution in [2.75, 3.05) is 24.7 Å². The monoisotopic (exact) mass is 192 g/mol. The van der Waals surface area contributed by atoms with Crippen LogP contribution in [0, 0.1) is 0 Å². The lowest BCUT2D eigenvalue weighted by atomic mass is 9.86. The van der Waals surface area contributed by atoms with Crippen LogP contribution in [0.15, 0.2) is 18.2 Å². The first-order valence-corrected chi connectivity index (χ1v) is 4.89. The number of nitrogen functional groups attached to an aromatic ring is 1. The lowest BCUT2D eigenvalue weighted by Gasteiger charge is -2.23. The lowest BCUT2D eigenvalue weighted by molar-refractivity contribution is 0.590. The minimum Gasteiger partial charge on any atom is -0.397 e. The molecule has 2 heteroatoms. The van der Waals surface area contributed by atoms with E-state index in [9.17, 15) is 0 Å². The smallest absolute Gasteiger partial charge is 0.0597 e. The maximum absolute atomic E-state index is 5.89. The van der Waals surface area contributed by atoms with Gasteiger partial charge in [-0.1, -0.05) is 26.8 Å². The molecular formula is C12H20N2. The molecule has 0 aliphatic heterocycles. The van der Waals surface area contributed by atoms with E-state index >= 15 is 0 Å². The lowest BCUT2D eigenvalue weighted by Crippen LogP contribution is -2.15. The molecule has 0 saturated heterocycles. The van der Waals surface area contributed by atoms with E-state index in [-0.39, 0.29) is 5.41 Å². The Balaban J connectivity index is 3.20. The summed E-state index contributed by atoms with van der Waals surface area (Å²) in [7, 11) is 4.02. The summed E-state index contributed by atoms with van der Waals surface area (Å²) in [5, 5.41) is 0. The topological polar surface area (TPSA) is 29.3 Å². The van der Waals surface area contributed by atoms with Crippen molar-refractivity contribution in [3.05, 3.63) is 23.8 Å². The fraction of sp³-hybridized carbons (Fsp3) is 0.500. The van der Waals surface area contributed by atoms with Gasteiger partial charge >= 0.3 is 0 Å². The van der Waals surface area contributed by atoms with Gasteiger partial charge in [-0.2, -0.15) is 0 Å². The second kappa shape index (κ2) is 3.52. The van der Waals surface area contributed by atoms with Gasteiger partial charge in [0.25, 0.3) is 0 Å². The zero-order chi connectivity index (χ0) is 10.9. The predicted octanol–water partition coefficient (Wildman–Crippen LogP) is 2.63. The maximum atomic E-state index is 5.89. The molecule has 0 unspecified atom stereocenters. The highest BCUT2D eigenvalue weighted by Gasteiger charge is 2.15. The summed E-state index contributed by atoms with van der Waals surface area (Å²) in [5.41, 5.74) is 9.32. The minimum absolute atomic E-state index is 0.179. The van der Waals surface area contributed by atoms with E-state index in [4.69, 9.17) is 5.73 Å². The molecular weight excluding hydrogens is 172 g/mol. The van der Waals surface area contributed by atoms with Gasteiger partial charge in [0.1, 0.15) is 0 Å². The Morgan fingerprint density at radius 1 is 1.14 bits per heavy atom. The van der Waals surface area contributed by atoms with Gasteiger partial charge in [0.15, 0.2) is 0 Å². The van der Waals surface area contributed by atoms with Crippen molar-refractivity contribution in [2.24, 2.45) is 0 Å². The van der Waals surface area contributed by atoms with Crippen molar-refractivity contribution in [3.63, 3.8) is 0 Å². The van der Waals surface area contributed by atoms with E-state index in [0.717, 1.165) is 11.4 Å². The molecule has 0 fully saturated rings. The van der Waals surface area contributed by atoms with Gasteiger partial charge in [-0.05, 0) is 23.1 Å². The molecule has 0 aromatic heterocycles. The molecule has 0 amide bonds. The van der Waals surface area contributed by atoms with Crippen LogP contribution in [0.1, 0.15) is 26.3 Å². The van der Waals surface area contributed by atoms with Crippen LogP contribution in [0.25, 0.3) is 0 Å². The second-order valence-electron chi connectivity index (χ2n) is 4.92. The van der Waals surface area contributed by atoms with Crippen LogP contribution in [0.3, 0.4) is 0 Å². The largest absolute Gasteiger partial charge is 0.397 e. The predicted molar refractivity (Wildman–Crippen MR) is 63.9 cm³/mol. The molecule has 0 aliphatic carbocycles. The molecule has 1 rings (SSSR count).